The molecule has 0 unspecified atom stereocenters. The third-order valence-electron chi connectivity index (χ3n) is 3.54. The van der Waals surface area contributed by atoms with Crippen LogP contribution in [0.3, 0.4) is 0 Å². The van der Waals surface area contributed by atoms with Crippen molar-refractivity contribution >= 4 is 21.6 Å². The van der Waals surface area contributed by atoms with Gasteiger partial charge in [0, 0.05) is 24.6 Å². The molecule has 1 saturated carbocycles. The molecule has 0 saturated heterocycles. The molecule has 0 amide bonds. The summed E-state index contributed by atoms with van der Waals surface area (Å²) in [5, 5.41) is 1.06. The van der Waals surface area contributed by atoms with Gasteiger partial charge in [0.05, 0.1) is 0 Å². The zero-order valence-corrected chi connectivity index (χ0v) is 11.1. The van der Waals surface area contributed by atoms with Crippen molar-refractivity contribution in [1.82, 2.24) is 0 Å². The minimum atomic E-state index is -0.170. The highest BCUT2D eigenvalue weighted by atomic mass is 79.9. The van der Waals surface area contributed by atoms with Crippen molar-refractivity contribution in [2.45, 2.75) is 19.3 Å². The third kappa shape index (κ3) is 2.40. The van der Waals surface area contributed by atoms with E-state index in [1.165, 1.54) is 31.4 Å². The molecule has 1 aromatic rings. The fourth-order valence-electron chi connectivity index (χ4n) is 2.30. The fraction of sp³-hybridized carbons (Fsp3) is 0.538. The van der Waals surface area contributed by atoms with Crippen LogP contribution in [0.15, 0.2) is 24.3 Å². The predicted molar refractivity (Wildman–Crippen MR) is 69.7 cm³/mol. The van der Waals surface area contributed by atoms with Gasteiger partial charge in [0.25, 0.3) is 0 Å². The summed E-state index contributed by atoms with van der Waals surface area (Å²) < 4.78 is 12.8. The van der Waals surface area contributed by atoms with Crippen LogP contribution < -0.4 is 4.90 Å². The fourth-order valence-corrected chi connectivity index (χ4v) is 3.04. The second-order valence-electron chi connectivity index (χ2n) is 4.82. The Morgan fingerprint density at radius 1 is 1.31 bits per heavy atom. The number of rotatable bonds is 4. The molecule has 0 aliphatic heterocycles. The second-order valence-corrected chi connectivity index (χ2v) is 5.38. The van der Waals surface area contributed by atoms with Crippen LogP contribution in [-0.4, -0.2) is 18.9 Å². The molecule has 88 valence electrons. The normalized spacial score (nSPS) is 17.9. The summed E-state index contributed by atoms with van der Waals surface area (Å²) in [4.78, 5) is 2.22. The Balaban J connectivity index is 2.02. The summed E-state index contributed by atoms with van der Waals surface area (Å²) in [5.74, 6) is -0.170. The van der Waals surface area contributed by atoms with E-state index in [0.29, 0.717) is 5.41 Å². The molecule has 1 aromatic carbocycles. The Hall–Kier alpha value is -0.570. The van der Waals surface area contributed by atoms with Gasteiger partial charge in [0.2, 0.25) is 0 Å². The second kappa shape index (κ2) is 4.74. The first-order valence-corrected chi connectivity index (χ1v) is 6.80. The van der Waals surface area contributed by atoms with Gasteiger partial charge in [-0.3, -0.25) is 0 Å². The van der Waals surface area contributed by atoms with Gasteiger partial charge in [0.15, 0.2) is 0 Å². The Morgan fingerprint density at radius 2 is 1.94 bits per heavy atom. The van der Waals surface area contributed by atoms with Gasteiger partial charge in [0.1, 0.15) is 5.82 Å². The van der Waals surface area contributed by atoms with E-state index in [0.717, 1.165) is 17.6 Å². The molecule has 0 spiro atoms. The average molecular weight is 286 g/mol. The monoisotopic (exact) mass is 285 g/mol. The molecular formula is C13H17BrFN. The molecule has 16 heavy (non-hydrogen) atoms. The van der Waals surface area contributed by atoms with Crippen molar-refractivity contribution in [2.24, 2.45) is 5.41 Å². The van der Waals surface area contributed by atoms with Gasteiger partial charge in [-0.05, 0) is 42.5 Å². The first-order valence-electron chi connectivity index (χ1n) is 5.68. The van der Waals surface area contributed by atoms with E-state index < -0.39 is 0 Å². The Kier molecular flexibility index (Phi) is 3.53. The highest BCUT2D eigenvalue weighted by Crippen LogP contribution is 2.43. The first kappa shape index (κ1) is 11.9. The molecule has 1 aliphatic carbocycles. The van der Waals surface area contributed by atoms with Gasteiger partial charge in [-0.25, -0.2) is 4.39 Å². The Morgan fingerprint density at radius 3 is 2.38 bits per heavy atom. The predicted octanol–water partition coefficient (Wildman–Crippen LogP) is 3.83. The number of hydrogen-bond acceptors (Lipinski definition) is 1. The quantitative estimate of drug-likeness (QED) is 0.760. The minimum Gasteiger partial charge on any atom is -0.374 e. The van der Waals surface area contributed by atoms with E-state index in [1.807, 2.05) is 12.1 Å². The SMILES string of the molecule is CN(CC1(CBr)CCC1)c1ccc(F)cc1. The highest BCUT2D eigenvalue weighted by Gasteiger charge is 2.36. The smallest absolute Gasteiger partial charge is 0.123 e. The van der Waals surface area contributed by atoms with Crippen LogP contribution in [0, 0.1) is 11.2 Å². The van der Waals surface area contributed by atoms with E-state index in [1.54, 1.807) is 0 Å². The van der Waals surface area contributed by atoms with E-state index in [9.17, 15) is 4.39 Å². The molecule has 0 heterocycles. The van der Waals surface area contributed by atoms with Gasteiger partial charge in [-0.15, -0.1) is 0 Å². The van der Waals surface area contributed by atoms with Crippen molar-refractivity contribution in [2.75, 3.05) is 23.8 Å². The van der Waals surface area contributed by atoms with Crippen molar-refractivity contribution in [3.8, 4) is 0 Å². The summed E-state index contributed by atoms with van der Waals surface area (Å²) in [6.45, 7) is 1.05. The molecule has 1 fully saturated rings. The van der Waals surface area contributed by atoms with Crippen LogP contribution in [0.25, 0.3) is 0 Å². The largest absolute Gasteiger partial charge is 0.374 e. The van der Waals surface area contributed by atoms with E-state index in [4.69, 9.17) is 0 Å². The van der Waals surface area contributed by atoms with Gasteiger partial charge < -0.3 is 4.90 Å². The maximum absolute atomic E-state index is 12.8. The van der Waals surface area contributed by atoms with Crippen LogP contribution in [0.5, 0.6) is 0 Å². The molecule has 0 aromatic heterocycles. The van der Waals surface area contributed by atoms with E-state index >= 15 is 0 Å². The Bertz CT molecular complexity index is 340. The van der Waals surface area contributed by atoms with Crippen molar-refractivity contribution in [3.63, 3.8) is 0 Å². The number of halogens is 2. The number of anilines is 1. The summed E-state index contributed by atoms with van der Waals surface area (Å²) >= 11 is 3.61. The molecule has 0 bridgehead atoms. The molecule has 0 radical (unpaired) electrons. The van der Waals surface area contributed by atoms with E-state index in [-0.39, 0.29) is 5.82 Å². The van der Waals surface area contributed by atoms with Crippen molar-refractivity contribution < 1.29 is 4.39 Å². The van der Waals surface area contributed by atoms with Crippen molar-refractivity contribution in [3.05, 3.63) is 30.1 Å². The van der Waals surface area contributed by atoms with Crippen LogP contribution in [-0.2, 0) is 0 Å². The standard InChI is InChI=1S/C13H17BrFN/c1-16(10-13(9-14)7-2-8-13)12-5-3-11(15)4-6-12/h3-6H,2,7-10H2,1H3. The maximum Gasteiger partial charge on any atom is 0.123 e. The van der Waals surface area contributed by atoms with Crippen LogP contribution in [0.4, 0.5) is 10.1 Å². The number of hydrogen-bond donors (Lipinski definition) is 0. The number of alkyl halides is 1. The summed E-state index contributed by atoms with van der Waals surface area (Å²) in [7, 11) is 2.08. The zero-order chi connectivity index (χ0) is 11.6. The summed E-state index contributed by atoms with van der Waals surface area (Å²) in [5.41, 5.74) is 1.52. The number of nitrogens with zero attached hydrogens (tertiary/aromatic N) is 1. The summed E-state index contributed by atoms with van der Waals surface area (Å²) in [6, 6.07) is 6.73. The lowest BCUT2D eigenvalue weighted by Crippen LogP contribution is -2.42. The Labute approximate surface area is 105 Å². The van der Waals surface area contributed by atoms with Gasteiger partial charge in [-0.1, -0.05) is 22.4 Å². The van der Waals surface area contributed by atoms with E-state index in [2.05, 4.69) is 27.9 Å². The lowest BCUT2D eigenvalue weighted by molar-refractivity contribution is 0.179. The molecule has 1 aliphatic rings. The first-order chi connectivity index (χ1) is 7.65. The van der Waals surface area contributed by atoms with Crippen LogP contribution >= 0.6 is 15.9 Å². The van der Waals surface area contributed by atoms with Crippen molar-refractivity contribution in [1.29, 1.82) is 0 Å². The van der Waals surface area contributed by atoms with Crippen LogP contribution in [0.1, 0.15) is 19.3 Å². The number of benzene rings is 1. The maximum atomic E-state index is 12.8. The lowest BCUT2D eigenvalue weighted by atomic mass is 9.70. The molecule has 1 nitrogen and oxygen atoms in total. The molecule has 0 N–H and O–H groups in total. The summed E-state index contributed by atoms with van der Waals surface area (Å²) in [6.07, 6.45) is 3.93. The molecule has 0 atom stereocenters. The average Bonchev–Trinajstić information content (AvgIpc) is 2.24. The van der Waals surface area contributed by atoms with Crippen LogP contribution in [0.2, 0.25) is 0 Å². The zero-order valence-electron chi connectivity index (χ0n) is 9.55. The lowest BCUT2D eigenvalue weighted by Gasteiger charge is -2.43. The minimum absolute atomic E-state index is 0.170. The van der Waals surface area contributed by atoms with Gasteiger partial charge in [-0.2, -0.15) is 0 Å². The molecule has 3 heteroatoms. The molecular weight excluding hydrogens is 269 g/mol. The topological polar surface area (TPSA) is 3.24 Å². The molecule has 2 rings (SSSR count). The highest BCUT2D eigenvalue weighted by molar-refractivity contribution is 9.09. The van der Waals surface area contributed by atoms with Gasteiger partial charge >= 0.3 is 0 Å². The third-order valence-corrected chi connectivity index (χ3v) is 4.73.